The van der Waals surface area contributed by atoms with Gasteiger partial charge in [0, 0.05) is 20.0 Å². The van der Waals surface area contributed by atoms with E-state index in [-0.39, 0.29) is 18.2 Å². The number of carboxylic acids is 1. The van der Waals surface area contributed by atoms with Crippen LogP contribution in [0.2, 0.25) is 0 Å². The third-order valence-corrected chi connectivity index (χ3v) is 3.49. The fraction of sp³-hybridized carbons (Fsp3) is 0.833. The molecule has 98 valence electrons. The maximum Gasteiger partial charge on any atom is 0.303 e. The van der Waals surface area contributed by atoms with Gasteiger partial charge in [0.2, 0.25) is 5.91 Å². The van der Waals surface area contributed by atoms with Gasteiger partial charge >= 0.3 is 5.97 Å². The van der Waals surface area contributed by atoms with E-state index in [0.717, 1.165) is 25.9 Å². The topological polar surface area (TPSA) is 69.6 Å². The minimum Gasteiger partial charge on any atom is -0.481 e. The van der Waals surface area contributed by atoms with E-state index in [1.165, 1.54) is 0 Å². The molecule has 0 saturated carbocycles. The maximum atomic E-state index is 11.3. The lowest BCUT2D eigenvalue weighted by Gasteiger charge is -2.34. The van der Waals surface area contributed by atoms with Gasteiger partial charge < -0.3 is 10.4 Å². The lowest BCUT2D eigenvalue weighted by Crippen LogP contribution is -2.43. The molecule has 2 atom stereocenters. The van der Waals surface area contributed by atoms with Crippen molar-refractivity contribution in [1.29, 1.82) is 0 Å². The molecule has 1 fully saturated rings. The molecule has 1 heterocycles. The Kier molecular flexibility index (Phi) is 5.41. The van der Waals surface area contributed by atoms with E-state index < -0.39 is 5.97 Å². The highest BCUT2D eigenvalue weighted by molar-refractivity contribution is 5.77. The van der Waals surface area contributed by atoms with Gasteiger partial charge in [0.05, 0.1) is 6.54 Å². The van der Waals surface area contributed by atoms with Crippen LogP contribution in [0, 0.1) is 11.8 Å². The van der Waals surface area contributed by atoms with Crippen molar-refractivity contribution in [2.45, 2.75) is 26.2 Å². The second-order valence-corrected chi connectivity index (χ2v) is 4.89. The number of nitrogens with zero attached hydrogens (tertiary/aromatic N) is 1. The summed E-state index contributed by atoms with van der Waals surface area (Å²) in [6, 6.07) is 0. The van der Waals surface area contributed by atoms with Crippen LogP contribution < -0.4 is 5.32 Å². The smallest absolute Gasteiger partial charge is 0.303 e. The molecule has 2 N–H and O–H groups in total. The lowest BCUT2D eigenvalue weighted by molar-refractivity contribution is -0.138. The van der Waals surface area contributed by atoms with Crippen molar-refractivity contribution >= 4 is 11.9 Å². The van der Waals surface area contributed by atoms with Crippen molar-refractivity contribution in [2.24, 2.45) is 11.8 Å². The number of likely N-dealkylation sites (tertiary alicyclic amines) is 1. The van der Waals surface area contributed by atoms with Gasteiger partial charge in [-0.1, -0.05) is 6.92 Å². The van der Waals surface area contributed by atoms with Crippen LogP contribution in [0.4, 0.5) is 0 Å². The highest BCUT2D eigenvalue weighted by Gasteiger charge is 2.26. The summed E-state index contributed by atoms with van der Waals surface area (Å²) >= 11 is 0. The van der Waals surface area contributed by atoms with Gasteiger partial charge in [-0.05, 0) is 31.2 Å². The zero-order chi connectivity index (χ0) is 12.8. The molecular weight excluding hydrogens is 220 g/mol. The van der Waals surface area contributed by atoms with Crippen LogP contribution in [0.5, 0.6) is 0 Å². The minimum absolute atomic E-state index is 0.0246. The van der Waals surface area contributed by atoms with Crippen LogP contribution in [0.25, 0.3) is 0 Å². The van der Waals surface area contributed by atoms with Gasteiger partial charge in [0.25, 0.3) is 0 Å². The Morgan fingerprint density at radius 2 is 2.24 bits per heavy atom. The molecule has 1 aliphatic rings. The zero-order valence-electron chi connectivity index (χ0n) is 10.6. The van der Waals surface area contributed by atoms with Gasteiger partial charge in [0.15, 0.2) is 0 Å². The molecule has 2 unspecified atom stereocenters. The Bertz CT molecular complexity index is 281. The summed E-state index contributed by atoms with van der Waals surface area (Å²) in [5.41, 5.74) is 0. The van der Waals surface area contributed by atoms with Crippen molar-refractivity contribution < 1.29 is 14.7 Å². The summed E-state index contributed by atoms with van der Waals surface area (Å²) < 4.78 is 0. The van der Waals surface area contributed by atoms with Crippen LogP contribution in [0.3, 0.4) is 0 Å². The number of nitrogens with one attached hydrogen (secondary N) is 1. The number of rotatable bonds is 5. The predicted octanol–water partition coefficient (Wildman–Crippen LogP) is 0.555. The van der Waals surface area contributed by atoms with Gasteiger partial charge in [-0.2, -0.15) is 0 Å². The predicted molar refractivity (Wildman–Crippen MR) is 64.6 cm³/mol. The molecule has 5 heteroatoms. The van der Waals surface area contributed by atoms with Crippen LogP contribution in [0.15, 0.2) is 0 Å². The highest BCUT2D eigenvalue weighted by atomic mass is 16.4. The molecule has 0 aromatic heterocycles. The van der Waals surface area contributed by atoms with Crippen LogP contribution >= 0.6 is 0 Å². The Morgan fingerprint density at radius 1 is 1.53 bits per heavy atom. The second kappa shape index (κ2) is 6.59. The van der Waals surface area contributed by atoms with E-state index in [1.807, 2.05) is 6.92 Å². The fourth-order valence-corrected chi connectivity index (χ4v) is 2.42. The fourth-order valence-electron chi connectivity index (χ4n) is 2.42. The van der Waals surface area contributed by atoms with Crippen LogP contribution in [-0.2, 0) is 9.59 Å². The van der Waals surface area contributed by atoms with Crippen LogP contribution in [0.1, 0.15) is 26.2 Å². The minimum atomic E-state index is -0.735. The monoisotopic (exact) mass is 242 g/mol. The Hall–Kier alpha value is -1.10. The molecule has 0 aromatic carbocycles. The summed E-state index contributed by atoms with van der Waals surface area (Å²) in [5.74, 6) is -0.137. The number of likely N-dealkylation sites (N-methyl/N-ethyl adjacent to an activating group) is 1. The van der Waals surface area contributed by atoms with Gasteiger partial charge in [-0.3, -0.25) is 14.5 Å². The zero-order valence-corrected chi connectivity index (χ0v) is 10.6. The summed E-state index contributed by atoms with van der Waals surface area (Å²) in [4.78, 5) is 24.1. The number of amides is 1. The van der Waals surface area contributed by atoms with Crippen molar-refractivity contribution in [1.82, 2.24) is 10.2 Å². The van der Waals surface area contributed by atoms with E-state index in [9.17, 15) is 9.59 Å². The summed E-state index contributed by atoms with van der Waals surface area (Å²) in [5, 5.41) is 11.4. The molecule has 0 bridgehead atoms. The largest absolute Gasteiger partial charge is 0.481 e. The standard InChI is InChI=1S/C12H22N2O3/c1-9(6-12(16)17)10-4-3-5-14(7-10)8-11(15)13-2/h9-10H,3-8H2,1-2H3,(H,13,15)(H,16,17). The number of carbonyl (C=O) groups is 2. The molecule has 17 heavy (non-hydrogen) atoms. The quantitative estimate of drug-likeness (QED) is 0.739. The van der Waals surface area contributed by atoms with Crippen molar-refractivity contribution in [3.63, 3.8) is 0 Å². The average Bonchev–Trinajstić information content (AvgIpc) is 2.28. The Morgan fingerprint density at radius 3 is 2.82 bits per heavy atom. The molecule has 0 aliphatic carbocycles. The summed E-state index contributed by atoms with van der Waals surface area (Å²) in [7, 11) is 1.64. The van der Waals surface area contributed by atoms with E-state index in [1.54, 1.807) is 7.05 Å². The lowest BCUT2D eigenvalue weighted by atomic mass is 9.84. The normalized spacial score (nSPS) is 23.1. The van der Waals surface area contributed by atoms with Gasteiger partial charge in [0.1, 0.15) is 0 Å². The second-order valence-electron chi connectivity index (χ2n) is 4.89. The molecule has 0 spiro atoms. The SMILES string of the molecule is CNC(=O)CN1CCCC(C(C)CC(=O)O)C1. The maximum absolute atomic E-state index is 11.3. The van der Waals surface area contributed by atoms with Crippen LogP contribution in [-0.4, -0.2) is 48.6 Å². The van der Waals surface area contributed by atoms with Crippen molar-refractivity contribution in [3.8, 4) is 0 Å². The summed E-state index contributed by atoms with van der Waals surface area (Å²) in [6.07, 6.45) is 2.34. The number of piperidine rings is 1. The average molecular weight is 242 g/mol. The number of hydrogen-bond acceptors (Lipinski definition) is 3. The van der Waals surface area contributed by atoms with E-state index in [0.29, 0.717) is 12.5 Å². The summed E-state index contributed by atoms with van der Waals surface area (Å²) in [6.45, 7) is 4.18. The third kappa shape index (κ3) is 4.73. The molecule has 5 nitrogen and oxygen atoms in total. The molecule has 0 radical (unpaired) electrons. The molecular formula is C12H22N2O3. The first-order valence-corrected chi connectivity index (χ1v) is 6.17. The Labute approximate surface area is 102 Å². The Balaban J connectivity index is 2.42. The number of hydrogen-bond donors (Lipinski definition) is 2. The highest BCUT2D eigenvalue weighted by Crippen LogP contribution is 2.25. The van der Waals surface area contributed by atoms with E-state index >= 15 is 0 Å². The van der Waals surface area contributed by atoms with Gasteiger partial charge in [-0.15, -0.1) is 0 Å². The molecule has 1 rings (SSSR count). The first kappa shape index (κ1) is 14.0. The number of aliphatic carboxylic acids is 1. The number of carboxylic acid groups (broad SMARTS) is 1. The molecule has 1 saturated heterocycles. The van der Waals surface area contributed by atoms with Crippen molar-refractivity contribution in [3.05, 3.63) is 0 Å². The first-order valence-electron chi connectivity index (χ1n) is 6.17. The molecule has 1 aliphatic heterocycles. The van der Waals surface area contributed by atoms with Gasteiger partial charge in [-0.25, -0.2) is 0 Å². The van der Waals surface area contributed by atoms with E-state index in [4.69, 9.17) is 5.11 Å². The number of carbonyl (C=O) groups excluding carboxylic acids is 1. The van der Waals surface area contributed by atoms with Crippen molar-refractivity contribution in [2.75, 3.05) is 26.7 Å². The molecule has 1 amide bonds. The first-order chi connectivity index (χ1) is 8.02. The van der Waals surface area contributed by atoms with E-state index in [2.05, 4.69) is 10.2 Å². The molecule has 0 aromatic rings. The third-order valence-electron chi connectivity index (χ3n) is 3.49.